The van der Waals surface area contributed by atoms with Gasteiger partial charge in [0.15, 0.2) is 5.58 Å². The third-order valence-corrected chi connectivity index (χ3v) is 13.5. The molecule has 2 bridgehead atoms. The molecule has 9 aromatic rings. The zero-order valence-electron chi connectivity index (χ0n) is 30.8. The molecule has 4 aliphatic heterocycles. The Morgan fingerprint density at radius 1 is 0.714 bits per heavy atom. The monoisotopic (exact) mass is 746 g/mol. The van der Waals surface area contributed by atoms with Gasteiger partial charge in [-0.1, -0.05) is 84.9 Å². The molecule has 2 unspecified atom stereocenters. The maximum Gasteiger partial charge on any atom is 0.228 e. The van der Waals surface area contributed by atoms with Crippen LogP contribution in [0, 0.1) is 5.92 Å². The molecule has 272 valence electrons. The third kappa shape index (κ3) is 5.16. The number of piperidine rings is 3. The highest BCUT2D eigenvalue weighted by Crippen LogP contribution is 2.51. The first-order chi connectivity index (χ1) is 27.7. The Labute approximate surface area is 328 Å². The molecular formula is C48H38N6OS. The van der Waals surface area contributed by atoms with Crippen LogP contribution in [0.15, 0.2) is 126 Å². The number of hydrogen-bond donors (Lipinski definition) is 1. The summed E-state index contributed by atoms with van der Waals surface area (Å²) < 4.78 is 8.00. The number of para-hydroxylation sites is 4. The van der Waals surface area contributed by atoms with Crippen LogP contribution < -0.4 is 5.32 Å². The van der Waals surface area contributed by atoms with Gasteiger partial charge in [-0.2, -0.15) is 0 Å². The first-order valence-corrected chi connectivity index (χ1v) is 20.7. The fourth-order valence-corrected chi connectivity index (χ4v) is 10.8. The topological polar surface area (TPSA) is 80.0 Å². The number of benzene rings is 5. The van der Waals surface area contributed by atoms with Crippen molar-refractivity contribution in [2.75, 3.05) is 19.6 Å². The highest BCUT2D eigenvalue weighted by molar-refractivity contribution is 7.21. The number of aromatic nitrogens is 4. The summed E-state index contributed by atoms with van der Waals surface area (Å²) in [4.78, 5) is 24.5. The van der Waals surface area contributed by atoms with Crippen molar-refractivity contribution < 1.29 is 4.42 Å². The molecule has 0 aliphatic carbocycles. The van der Waals surface area contributed by atoms with E-state index in [-0.39, 0.29) is 12.1 Å². The van der Waals surface area contributed by atoms with Crippen molar-refractivity contribution in [1.29, 1.82) is 0 Å². The van der Waals surface area contributed by atoms with Crippen molar-refractivity contribution in [3.63, 3.8) is 0 Å². The Morgan fingerprint density at radius 2 is 1.52 bits per heavy atom. The molecule has 56 heavy (non-hydrogen) atoms. The second-order valence-corrected chi connectivity index (χ2v) is 16.6. The number of oxazole rings is 1. The Kier molecular flexibility index (Phi) is 7.46. The quantitative estimate of drug-likeness (QED) is 0.188. The van der Waals surface area contributed by atoms with Crippen LogP contribution >= 0.6 is 11.3 Å². The van der Waals surface area contributed by atoms with E-state index in [2.05, 4.69) is 107 Å². The lowest BCUT2D eigenvalue weighted by Crippen LogP contribution is -2.44. The summed E-state index contributed by atoms with van der Waals surface area (Å²) in [5.74, 6) is 1.28. The van der Waals surface area contributed by atoms with Crippen LogP contribution in [-0.2, 0) is 6.42 Å². The number of nitrogens with one attached hydrogen (secondary N) is 1. The minimum atomic E-state index is -0.108. The lowest BCUT2D eigenvalue weighted by Gasteiger charge is -2.46. The van der Waals surface area contributed by atoms with E-state index >= 15 is 0 Å². The van der Waals surface area contributed by atoms with Gasteiger partial charge in [-0.05, 0) is 92.2 Å². The molecular weight excluding hydrogens is 709 g/mol. The maximum absolute atomic E-state index is 6.85. The Hall–Kier alpha value is -5.80. The largest absolute Gasteiger partial charge is 0.436 e. The van der Waals surface area contributed by atoms with Gasteiger partial charge in [0, 0.05) is 39.9 Å². The minimum Gasteiger partial charge on any atom is -0.436 e. The van der Waals surface area contributed by atoms with Crippen LogP contribution in [0.3, 0.4) is 0 Å². The first kappa shape index (κ1) is 32.4. The Balaban J connectivity index is 1.26. The van der Waals surface area contributed by atoms with Crippen LogP contribution in [0.25, 0.3) is 76.4 Å². The van der Waals surface area contributed by atoms with Crippen LogP contribution in [0.4, 0.5) is 0 Å². The number of pyridine rings is 2. The number of nitrogens with zero attached hydrogens (tertiary/aromatic N) is 5. The zero-order valence-corrected chi connectivity index (χ0v) is 31.6. The predicted octanol–water partition coefficient (Wildman–Crippen LogP) is 10.9. The zero-order chi connectivity index (χ0) is 36.7. The van der Waals surface area contributed by atoms with E-state index in [1.54, 1.807) is 11.3 Å². The molecule has 4 aromatic heterocycles. The smallest absolute Gasteiger partial charge is 0.228 e. The maximum atomic E-state index is 6.85. The van der Waals surface area contributed by atoms with Crippen molar-refractivity contribution in [2.45, 2.75) is 37.8 Å². The number of thiazole rings is 1. The van der Waals surface area contributed by atoms with Gasteiger partial charge in [-0.3, -0.25) is 4.90 Å². The van der Waals surface area contributed by atoms with Gasteiger partial charge >= 0.3 is 0 Å². The predicted molar refractivity (Wildman–Crippen MR) is 226 cm³/mol. The van der Waals surface area contributed by atoms with E-state index in [0.717, 1.165) is 109 Å². The first-order valence-electron chi connectivity index (χ1n) is 19.9. The van der Waals surface area contributed by atoms with Gasteiger partial charge in [0.1, 0.15) is 10.5 Å². The standard InChI is InChI=1S/C48H38N6OS/c1-3-11-31-29(9-1)21-24-49-44(31)45-32-18-19-33(48-52-36-14-6-8-16-40(36)56-48)42(47-51-35-13-5-7-15-39(35)55-47)41(32)43(38-27-28-22-25-54(38)26-23-28)46(53-45)37-20-17-30-10-2-4-12-34(30)50-37/h1-20,28,38,44,49H,21-27H2. The Bertz CT molecular complexity index is 2930. The van der Waals surface area contributed by atoms with Crippen molar-refractivity contribution in [3.8, 4) is 33.4 Å². The molecule has 0 saturated carbocycles. The van der Waals surface area contributed by atoms with Crippen molar-refractivity contribution in [2.24, 2.45) is 5.92 Å². The molecule has 7 nitrogen and oxygen atoms in total. The fourth-order valence-electron chi connectivity index (χ4n) is 9.77. The SMILES string of the molecule is c1ccc2c(c1)CCNC2c1nc(-c2ccc3ccccc3n2)c(C2CC3CCN2CC3)c2c(-c3nc4ccccc4o3)c(-c3nc4ccccc4s3)ccc12. The number of rotatable bonds is 5. The lowest BCUT2D eigenvalue weighted by molar-refractivity contribution is 0.0499. The summed E-state index contributed by atoms with van der Waals surface area (Å²) in [5.41, 5.74) is 12.3. The van der Waals surface area contributed by atoms with E-state index < -0.39 is 0 Å². The van der Waals surface area contributed by atoms with Crippen LogP contribution in [0.5, 0.6) is 0 Å². The molecule has 4 aliphatic rings. The average molecular weight is 747 g/mol. The molecule has 3 fully saturated rings. The van der Waals surface area contributed by atoms with E-state index in [9.17, 15) is 0 Å². The van der Waals surface area contributed by atoms with E-state index in [0.29, 0.717) is 11.8 Å². The molecule has 8 heterocycles. The summed E-state index contributed by atoms with van der Waals surface area (Å²) in [7, 11) is 0. The molecule has 5 aromatic carbocycles. The third-order valence-electron chi connectivity index (χ3n) is 12.5. The highest BCUT2D eigenvalue weighted by atomic mass is 32.1. The highest BCUT2D eigenvalue weighted by Gasteiger charge is 2.40. The lowest BCUT2D eigenvalue weighted by atomic mass is 9.77. The van der Waals surface area contributed by atoms with Gasteiger partial charge in [0.25, 0.3) is 0 Å². The fraction of sp³-hybridized carbons (Fsp3) is 0.208. The molecule has 8 heteroatoms. The molecule has 0 radical (unpaired) electrons. The summed E-state index contributed by atoms with van der Waals surface area (Å²) in [5, 5.41) is 8.25. The molecule has 0 amide bonds. The normalized spacial score (nSPS) is 20.6. The van der Waals surface area contributed by atoms with Crippen LogP contribution in [0.2, 0.25) is 0 Å². The molecule has 2 atom stereocenters. The van der Waals surface area contributed by atoms with Crippen molar-refractivity contribution in [3.05, 3.63) is 144 Å². The molecule has 0 spiro atoms. The van der Waals surface area contributed by atoms with Gasteiger partial charge in [-0.25, -0.2) is 19.9 Å². The second kappa shape index (κ2) is 12.9. The molecule has 3 saturated heterocycles. The second-order valence-electron chi connectivity index (χ2n) is 15.6. The van der Waals surface area contributed by atoms with Gasteiger partial charge in [0.2, 0.25) is 5.89 Å². The summed E-state index contributed by atoms with van der Waals surface area (Å²) >= 11 is 1.72. The van der Waals surface area contributed by atoms with Crippen molar-refractivity contribution in [1.82, 2.24) is 30.2 Å². The summed E-state index contributed by atoms with van der Waals surface area (Å²) in [6.45, 7) is 3.03. The molecule has 1 N–H and O–H groups in total. The Morgan fingerprint density at radius 3 is 2.38 bits per heavy atom. The van der Waals surface area contributed by atoms with E-state index in [1.165, 1.54) is 29.5 Å². The average Bonchev–Trinajstić information content (AvgIpc) is 3.90. The summed E-state index contributed by atoms with van der Waals surface area (Å²) in [6.07, 6.45) is 4.54. The minimum absolute atomic E-state index is 0.108. The van der Waals surface area contributed by atoms with E-state index in [1.807, 2.05) is 24.3 Å². The number of fused-ring (bicyclic) bond motifs is 8. The van der Waals surface area contributed by atoms with Crippen LogP contribution in [0.1, 0.15) is 53.7 Å². The summed E-state index contributed by atoms with van der Waals surface area (Å²) in [6, 6.07) is 42.8. The van der Waals surface area contributed by atoms with E-state index in [4.69, 9.17) is 24.4 Å². The number of hydrogen-bond acceptors (Lipinski definition) is 8. The van der Waals surface area contributed by atoms with Crippen LogP contribution in [-0.4, -0.2) is 44.5 Å². The molecule has 13 rings (SSSR count). The van der Waals surface area contributed by atoms with Gasteiger partial charge in [-0.15, -0.1) is 11.3 Å². The van der Waals surface area contributed by atoms with Gasteiger partial charge in [0.05, 0.1) is 44.4 Å². The van der Waals surface area contributed by atoms with Gasteiger partial charge < -0.3 is 9.73 Å². The van der Waals surface area contributed by atoms with Crippen molar-refractivity contribution >= 4 is 54.3 Å².